The molecule has 1 aliphatic heterocycles. The van der Waals surface area contributed by atoms with Crippen LogP contribution < -0.4 is 4.90 Å². The van der Waals surface area contributed by atoms with Gasteiger partial charge in [-0.15, -0.1) is 0 Å². The van der Waals surface area contributed by atoms with Crippen LogP contribution >= 0.6 is 0 Å². The van der Waals surface area contributed by atoms with Crippen LogP contribution in [-0.2, 0) is 0 Å². The maximum absolute atomic E-state index is 12.8. The van der Waals surface area contributed by atoms with Crippen LogP contribution in [0, 0.1) is 6.92 Å². The van der Waals surface area contributed by atoms with Gasteiger partial charge >= 0.3 is 0 Å². The molecular weight excluding hydrogens is 306 g/mol. The van der Waals surface area contributed by atoms with Gasteiger partial charge in [0.1, 0.15) is 0 Å². The topological polar surface area (TPSA) is 72.8 Å². The minimum absolute atomic E-state index is 0.0492. The molecule has 7 heteroatoms. The minimum atomic E-state index is -0.723. The first kappa shape index (κ1) is 18.6. The molecule has 2 heterocycles. The molecule has 1 saturated heterocycles. The summed E-state index contributed by atoms with van der Waals surface area (Å²) in [5.41, 5.74) is 0.504. The van der Waals surface area contributed by atoms with Gasteiger partial charge in [-0.3, -0.25) is 4.79 Å². The highest BCUT2D eigenvalue weighted by Crippen LogP contribution is 2.24. The van der Waals surface area contributed by atoms with Gasteiger partial charge in [-0.2, -0.15) is 0 Å². The molecule has 0 unspecified atom stereocenters. The number of aliphatic hydroxyl groups is 1. The molecule has 7 nitrogen and oxygen atoms in total. The zero-order valence-corrected chi connectivity index (χ0v) is 15.4. The van der Waals surface area contributed by atoms with Gasteiger partial charge in [0.05, 0.1) is 16.9 Å². The van der Waals surface area contributed by atoms with Crippen molar-refractivity contribution in [3.05, 3.63) is 17.5 Å². The Balaban J connectivity index is 2.10. The number of aryl methyl sites for hydroxylation is 1. The van der Waals surface area contributed by atoms with Gasteiger partial charge in [0.25, 0.3) is 5.91 Å². The third kappa shape index (κ3) is 4.42. The number of amides is 1. The molecule has 1 N–H and O–H groups in total. The number of rotatable bonds is 4. The Hall–Kier alpha value is -1.73. The highest BCUT2D eigenvalue weighted by molar-refractivity contribution is 5.95. The van der Waals surface area contributed by atoms with Crippen LogP contribution in [0.1, 0.15) is 35.3 Å². The summed E-state index contributed by atoms with van der Waals surface area (Å²) in [6, 6.07) is 0. The Kier molecular flexibility index (Phi) is 5.77. The summed E-state index contributed by atoms with van der Waals surface area (Å²) >= 11 is 0. The molecule has 0 saturated carbocycles. The molecule has 1 aromatic rings. The van der Waals surface area contributed by atoms with Crippen LogP contribution in [0.5, 0.6) is 0 Å². The van der Waals surface area contributed by atoms with Gasteiger partial charge in [0, 0.05) is 39.9 Å². The third-order valence-electron chi connectivity index (χ3n) is 4.41. The standard InChI is InChI=1S/C17H29N5O2/c1-13-14(11-18-16(19-13)21(4)5)15(23)22-9-6-7-17(24,8-10-22)12-20(2)3/h11,24H,6-10,12H2,1-5H3/t17-/m0/s1. The lowest BCUT2D eigenvalue weighted by Gasteiger charge is -2.30. The van der Waals surface area contributed by atoms with Gasteiger partial charge in [0.15, 0.2) is 0 Å². The fourth-order valence-electron chi connectivity index (χ4n) is 3.18. The van der Waals surface area contributed by atoms with Gasteiger partial charge in [-0.25, -0.2) is 9.97 Å². The summed E-state index contributed by atoms with van der Waals surface area (Å²) in [5.74, 6) is 0.548. The molecule has 134 valence electrons. The largest absolute Gasteiger partial charge is 0.388 e. The van der Waals surface area contributed by atoms with E-state index in [0.717, 1.165) is 6.42 Å². The molecule has 0 radical (unpaired) electrons. The van der Waals surface area contributed by atoms with E-state index in [4.69, 9.17) is 0 Å². The SMILES string of the molecule is Cc1nc(N(C)C)ncc1C(=O)N1CCC[C@@](O)(CN(C)C)CC1. The number of aromatic nitrogens is 2. The van der Waals surface area contributed by atoms with E-state index in [1.54, 1.807) is 6.20 Å². The Morgan fingerprint density at radius 2 is 2.00 bits per heavy atom. The number of likely N-dealkylation sites (tertiary alicyclic amines) is 1. The van der Waals surface area contributed by atoms with E-state index in [9.17, 15) is 9.90 Å². The van der Waals surface area contributed by atoms with Gasteiger partial charge < -0.3 is 19.8 Å². The average molecular weight is 335 g/mol. The predicted octanol–water partition coefficient (Wildman–Crippen LogP) is 0.770. The first-order chi connectivity index (χ1) is 11.2. The zero-order valence-electron chi connectivity index (χ0n) is 15.4. The molecule has 1 amide bonds. The maximum Gasteiger partial charge on any atom is 0.257 e. The van der Waals surface area contributed by atoms with E-state index in [0.29, 0.717) is 49.7 Å². The van der Waals surface area contributed by atoms with Crippen LogP contribution in [0.15, 0.2) is 6.20 Å². The van der Waals surface area contributed by atoms with E-state index >= 15 is 0 Å². The van der Waals surface area contributed by atoms with E-state index < -0.39 is 5.60 Å². The van der Waals surface area contributed by atoms with Crippen LogP contribution in [0.4, 0.5) is 5.95 Å². The second-order valence-electron chi connectivity index (χ2n) is 7.17. The van der Waals surface area contributed by atoms with Gasteiger partial charge in [0.2, 0.25) is 5.95 Å². The number of hydrogen-bond donors (Lipinski definition) is 1. The average Bonchev–Trinajstić information content (AvgIpc) is 2.67. The minimum Gasteiger partial charge on any atom is -0.388 e. The summed E-state index contributed by atoms with van der Waals surface area (Å²) in [5, 5.41) is 10.7. The van der Waals surface area contributed by atoms with Crippen molar-refractivity contribution in [2.45, 2.75) is 31.8 Å². The predicted molar refractivity (Wildman–Crippen MR) is 94.4 cm³/mol. The number of carbonyl (C=O) groups excluding carboxylic acids is 1. The molecule has 0 spiro atoms. The molecule has 2 rings (SSSR count). The summed E-state index contributed by atoms with van der Waals surface area (Å²) in [6.07, 6.45) is 3.71. The molecule has 24 heavy (non-hydrogen) atoms. The van der Waals surface area contributed by atoms with Gasteiger partial charge in [-0.05, 0) is 40.3 Å². The van der Waals surface area contributed by atoms with Crippen molar-refractivity contribution in [3.8, 4) is 0 Å². The van der Waals surface area contributed by atoms with Crippen LogP contribution in [0.3, 0.4) is 0 Å². The third-order valence-corrected chi connectivity index (χ3v) is 4.41. The lowest BCUT2D eigenvalue weighted by atomic mass is 9.94. The van der Waals surface area contributed by atoms with E-state index in [1.807, 2.05) is 49.8 Å². The van der Waals surface area contributed by atoms with Crippen LogP contribution in [0.2, 0.25) is 0 Å². The van der Waals surface area contributed by atoms with E-state index in [-0.39, 0.29) is 5.91 Å². The lowest BCUT2D eigenvalue weighted by Crippen LogP contribution is -2.41. The van der Waals surface area contributed by atoms with Crippen molar-refractivity contribution in [2.24, 2.45) is 0 Å². The highest BCUT2D eigenvalue weighted by atomic mass is 16.3. The number of carbonyl (C=O) groups is 1. The second kappa shape index (κ2) is 7.44. The van der Waals surface area contributed by atoms with Crippen molar-refractivity contribution in [1.29, 1.82) is 0 Å². The summed E-state index contributed by atoms with van der Waals surface area (Å²) in [4.78, 5) is 27.1. The first-order valence-corrected chi connectivity index (χ1v) is 8.39. The van der Waals surface area contributed by atoms with Crippen molar-refractivity contribution in [3.63, 3.8) is 0 Å². The molecule has 1 aliphatic rings. The second-order valence-corrected chi connectivity index (χ2v) is 7.17. The summed E-state index contributed by atoms with van der Waals surface area (Å²) in [7, 11) is 7.66. The number of nitrogens with zero attached hydrogens (tertiary/aromatic N) is 5. The number of likely N-dealkylation sites (N-methyl/N-ethyl adjacent to an activating group) is 1. The van der Waals surface area contributed by atoms with Crippen molar-refractivity contribution >= 4 is 11.9 Å². The van der Waals surface area contributed by atoms with Crippen molar-refractivity contribution < 1.29 is 9.90 Å². The summed E-state index contributed by atoms with van der Waals surface area (Å²) < 4.78 is 0. The normalized spacial score (nSPS) is 21.7. The Morgan fingerprint density at radius 1 is 1.29 bits per heavy atom. The van der Waals surface area contributed by atoms with Crippen LogP contribution in [-0.4, -0.2) is 84.2 Å². The fourth-order valence-corrected chi connectivity index (χ4v) is 3.18. The van der Waals surface area contributed by atoms with Crippen LogP contribution in [0.25, 0.3) is 0 Å². The lowest BCUT2D eigenvalue weighted by molar-refractivity contribution is 0.00305. The number of hydrogen-bond acceptors (Lipinski definition) is 6. The molecule has 0 aliphatic carbocycles. The molecule has 1 atom stereocenters. The number of anilines is 1. The Labute approximate surface area is 144 Å². The smallest absolute Gasteiger partial charge is 0.257 e. The molecule has 0 bridgehead atoms. The maximum atomic E-state index is 12.8. The van der Waals surface area contributed by atoms with Crippen molar-refractivity contribution in [2.75, 3.05) is 52.7 Å². The zero-order chi connectivity index (χ0) is 17.9. The monoisotopic (exact) mass is 335 g/mol. The molecular formula is C17H29N5O2. The van der Waals surface area contributed by atoms with Crippen molar-refractivity contribution in [1.82, 2.24) is 19.8 Å². The quantitative estimate of drug-likeness (QED) is 0.876. The van der Waals surface area contributed by atoms with E-state index in [1.165, 1.54) is 0 Å². The molecule has 0 aromatic carbocycles. The molecule has 1 aromatic heterocycles. The Bertz CT molecular complexity index is 590. The van der Waals surface area contributed by atoms with Gasteiger partial charge in [-0.1, -0.05) is 0 Å². The Morgan fingerprint density at radius 3 is 2.58 bits per heavy atom. The summed E-state index contributed by atoms with van der Waals surface area (Å²) in [6.45, 7) is 3.66. The van der Waals surface area contributed by atoms with E-state index in [2.05, 4.69) is 9.97 Å². The fraction of sp³-hybridized carbons (Fsp3) is 0.706. The molecule has 1 fully saturated rings. The highest BCUT2D eigenvalue weighted by Gasteiger charge is 2.32. The first-order valence-electron chi connectivity index (χ1n) is 8.39.